The number of nitrogens with two attached hydrogens (primary N) is 1. The first-order valence-electron chi connectivity index (χ1n) is 1.16. The van der Waals surface area contributed by atoms with E-state index in [0.717, 1.165) is 0 Å². The molecule has 40 valence electrons. The Bertz CT molecular complexity index is 77.7. The van der Waals surface area contributed by atoms with Crippen molar-refractivity contribution in [1.82, 2.24) is 4.91 Å². The predicted octanol–water partition coefficient (Wildman–Crippen LogP) is -0.261. The monoisotopic (exact) mass is 105 g/mol. The number of carbonyl (C=O) groups is 1. The van der Waals surface area contributed by atoms with Crippen molar-refractivity contribution in [2.24, 2.45) is 5.73 Å². The fraction of sp³-hybridized carbons (Fsp3) is 0. The van der Waals surface area contributed by atoms with Gasteiger partial charge >= 0.3 is 6.09 Å². The molecular formula is CH5N4O2+. The molecule has 0 aromatic rings. The largest absolute Gasteiger partial charge is 0.465 e. The van der Waals surface area contributed by atoms with E-state index in [1.165, 1.54) is 0 Å². The van der Waals surface area contributed by atoms with E-state index < -0.39 is 6.09 Å². The fourth-order valence-corrected chi connectivity index (χ4v) is 0. The summed E-state index contributed by atoms with van der Waals surface area (Å²) in [6, 6.07) is 0. The molecule has 0 fully saturated rings. The van der Waals surface area contributed by atoms with Gasteiger partial charge in [0.2, 0.25) is 4.91 Å². The number of hydrogen-bond donors (Lipinski definition) is 4. The Morgan fingerprint density at radius 2 is 1.71 bits per heavy atom. The summed E-state index contributed by atoms with van der Waals surface area (Å²) in [6.45, 7) is 0. The van der Waals surface area contributed by atoms with E-state index in [4.69, 9.17) is 21.0 Å². The van der Waals surface area contributed by atoms with Gasteiger partial charge in [0.1, 0.15) is 11.1 Å². The first kappa shape index (κ1) is 9.13. The first-order chi connectivity index (χ1) is 3.15. The second-order valence-corrected chi connectivity index (χ2v) is 0.450. The van der Waals surface area contributed by atoms with Crippen LogP contribution in [0.5, 0.6) is 0 Å². The summed E-state index contributed by atoms with van der Waals surface area (Å²) < 4.78 is 0. The van der Waals surface area contributed by atoms with Crippen molar-refractivity contribution in [2.45, 2.75) is 0 Å². The molecule has 5 N–H and O–H groups in total. The quantitative estimate of drug-likeness (QED) is 0.250. The highest BCUT2D eigenvalue weighted by atomic mass is 16.4. The number of rotatable bonds is 0. The number of nitrogens with one attached hydrogen (secondary N) is 2. The topological polar surface area (TPSA) is 125 Å². The summed E-state index contributed by atoms with van der Waals surface area (Å²) in [5.74, 6) is 0. The van der Waals surface area contributed by atoms with Gasteiger partial charge in [0.15, 0.2) is 0 Å². The Balaban J connectivity index is 0. The van der Waals surface area contributed by atoms with E-state index in [1.54, 1.807) is 0 Å². The number of nitrogens with zero attached hydrogens (tertiary/aromatic N) is 1. The lowest BCUT2D eigenvalue weighted by Gasteiger charge is -1.61. The zero-order valence-corrected chi connectivity index (χ0v) is 3.38. The van der Waals surface area contributed by atoms with Crippen molar-refractivity contribution in [3.05, 3.63) is 0 Å². The Morgan fingerprint density at radius 3 is 1.71 bits per heavy atom. The van der Waals surface area contributed by atoms with E-state index >= 15 is 0 Å². The van der Waals surface area contributed by atoms with Crippen LogP contribution in [0.25, 0.3) is 0 Å². The molecule has 7 heavy (non-hydrogen) atoms. The maximum Gasteiger partial charge on any atom is 0.402 e. The van der Waals surface area contributed by atoms with Gasteiger partial charge in [-0.3, -0.25) is 0 Å². The highest BCUT2D eigenvalue weighted by Gasteiger charge is 1.65. The minimum atomic E-state index is -1.33. The van der Waals surface area contributed by atoms with E-state index in [0.29, 0.717) is 0 Å². The molecule has 0 saturated carbocycles. The van der Waals surface area contributed by atoms with E-state index in [9.17, 15) is 0 Å². The number of carboxylic acid groups (broad SMARTS) is 1. The molecule has 0 bridgehead atoms. The number of hydrogen-bond acceptors (Lipinski definition) is 3. The van der Waals surface area contributed by atoms with Crippen LogP contribution in [0.1, 0.15) is 0 Å². The lowest BCUT2D eigenvalue weighted by Crippen LogP contribution is -2.03. The predicted molar refractivity (Wildman–Crippen MR) is 19.8 cm³/mol. The molecule has 0 rings (SSSR count). The minimum absolute atomic E-state index is 1.33. The smallest absolute Gasteiger partial charge is 0.402 e. The van der Waals surface area contributed by atoms with Crippen LogP contribution in [-0.4, -0.2) is 11.2 Å². The molecule has 0 unspecified atom stereocenters. The van der Waals surface area contributed by atoms with Crippen LogP contribution in [-0.2, 0) is 0 Å². The van der Waals surface area contributed by atoms with Crippen LogP contribution >= 0.6 is 0 Å². The van der Waals surface area contributed by atoms with E-state index in [1.807, 2.05) is 4.91 Å². The number of primary amides is 1. The van der Waals surface area contributed by atoms with Gasteiger partial charge in [0.05, 0.1) is 0 Å². The molecule has 0 aliphatic carbocycles. The second kappa shape index (κ2) is 8.82. The van der Waals surface area contributed by atoms with Gasteiger partial charge in [-0.25, -0.2) is 4.79 Å². The molecule has 0 atom stereocenters. The Hall–Kier alpha value is -1.42. The lowest BCUT2D eigenvalue weighted by atomic mass is 11.3. The van der Waals surface area contributed by atoms with E-state index in [2.05, 4.69) is 5.73 Å². The van der Waals surface area contributed by atoms with Gasteiger partial charge < -0.3 is 10.8 Å². The van der Waals surface area contributed by atoms with Crippen molar-refractivity contribution in [2.75, 3.05) is 0 Å². The molecule has 0 aliphatic heterocycles. The fourth-order valence-electron chi connectivity index (χ4n) is 0. The number of amides is 1. The third-order valence-electron chi connectivity index (χ3n) is 0. The third kappa shape index (κ3) is 15.1. The van der Waals surface area contributed by atoms with Crippen LogP contribution in [0.2, 0.25) is 0 Å². The van der Waals surface area contributed by atoms with Crippen LogP contribution in [0.4, 0.5) is 4.79 Å². The molecule has 0 aliphatic rings. The SMILES string of the molecule is N=[N+]=N.NC(=O)O. The van der Waals surface area contributed by atoms with Gasteiger partial charge in [-0.15, -0.1) is 0 Å². The van der Waals surface area contributed by atoms with Gasteiger partial charge in [-0.05, 0) is 0 Å². The molecule has 0 aromatic heterocycles. The molecular weight excluding hydrogens is 100 g/mol. The minimum Gasteiger partial charge on any atom is -0.465 e. The Labute approximate surface area is 39.0 Å². The summed E-state index contributed by atoms with van der Waals surface area (Å²) in [5, 5.41) is 7.19. The summed E-state index contributed by atoms with van der Waals surface area (Å²) in [7, 11) is 0. The average Bonchev–Trinajstić information content (AvgIpc) is 1.33. The Morgan fingerprint density at radius 1 is 1.71 bits per heavy atom. The van der Waals surface area contributed by atoms with E-state index in [-0.39, 0.29) is 0 Å². The highest BCUT2D eigenvalue weighted by molar-refractivity contribution is 5.61. The zero-order valence-electron chi connectivity index (χ0n) is 3.38. The molecule has 0 heterocycles. The van der Waals surface area contributed by atoms with Crippen molar-refractivity contribution < 1.29 is 9.90 Å². The lowest BCUT2D eigenvalue weighted by molar-refractivity contribution is 0.205. The average molecular weight is 105 g/mol. The van der Waals surface area contributed by atoms with Crippen molar-refractivity contribution in [3.63, 3.8) is 0 Å². The molecule has 6 heteroatoms. The summed E-state index contributed by atoms with van der Waals surface area (Å²) in [6.07, 6.45) is -1.33. The molecule has 0 radical (unpaired) electrons. The second-order valence-electron chi connectivity index (χ2n) is 0.450. The van der Waals surface area contributed by atoms with Crippen LogP contribution in [0.3, 0.4) is 0 Å². The summed E-state index contributed by atoms with van der Waals surface area (Å²) in [5.41, 5.74) is 15.0. The van der Waals surface area contributed by atoms with Crippen LogP contribution < -0.4 is 10.6 Å². The third-order valence-corrected chi connectivity index (χ3v) is 0. The molecule has 0 saturated heterocycles. The van der Waals surface area contributed by atoms with Crippen LogP contribution in [0, 0.1) is 11.1 Å². The van der Waals surface area contributed by atoms with Crippen LogP contribution in [0.15, 0.2) is 0 Å². The normalized spacial score (nSPS) is 4.57. The van der Waals surface area contributed by atoms with Crippen molar-refractivity contribution >= 4 is 6.09 Å². The maximum absolute atomic E-state index is 8.78. The molecule has 0 aromatic carbocycles. The Kier molecular flexibility index (Phi) is 11.5. The zero-order chi connectivity index (χ0) is 6.28. The van der Waals surface area contributed by atoms with Gasteiger partial charge in [0.25, 0.3) is 0 Å². The summed E-state index contributed by atoms with van der Waals surface area (Å²) >= 11 is 0. The van der Waals surface area contributed by atoms with Gasteiger partial charge in [-0.2, -0.15) is 0 Å². The summed E-state index contributed by atoms with van der Waals surface area (Å²) in [4.78, 5) is 10.8. The van der Waals surface area contributed by atoms with Crippen molar-refractivity contribution in [1.29, 1.82) is 11.1 Å². The first-order valence-corrected chi connectivity index (χ1v) is 1.16. The standard InChI is InChI=1S/CH3NO2.H2N3/c2-1(3)4;1-3-2/h2H2,(H,3,4);1-2H/q;+1. The molecule has 6 nitrogen and oxygen atoms in total. The highest BCUT2D eigenvalue weighted by Crippen LogP contribution is 1.34. The van der Waals surface area contributed by atoms with Gasteiger partial charge in [-0.1, -0.05) is 0 Å². The van der Waals surface area contributed by atoms with Gasteiger partial charge in [0, 0.05) is 0 Å². The maximum atomic E-state index is 8.78. The van der Waals surface area contributed by atoms with Crippen molar-refractivity contribution in [3.8, 4) is 0 Å². The molecule has 1 amide bonds. The molecule has 0 spiro atoms.